The minimum absolute atomic E-state index is 0. The number of amides is 2. The van der Waals surface area contributed by atoms with Crippen molar-refractivity contribution in [3.05, 3.63) is 59.9 Å². The van der Waals surface area contributed by atoms with Gasteiger partial charge in [0.2, 0.25) is 0 Å². The molecular weight excluding hydrogens is 425 g/mol. The van der Waals surface area contributed by atoms with Gasteiger partial charge in [-0.2, -0.15) is 0 Å². The number of anilines is 1. The predicted octanol–water partition coefficient (Wildman–Crippen LogP) is 3.61. The fourth-order valence-electron chi connectivity index (χ4n) is 3.69. The van der Waals surface area contributed by atoms with Gasteiger partial charge in [0.15, 0.2) is 0 Å². The Labute approximate surface area is 187 Å². The Balaban J connectivity index is 0.00000160. The quantitative estimate of drug-likeness (QED) is 0.565. The second kappa shape index (κ2) is 10.4. The summed E-state index contributed by atoms with van der Waals surface area (Å²) in [7, 11) is 0. The molecule has 1 aliphatic heterocycles. The van der Waals surface area contributed by atoms with Gasteiger partial charge in [-0.05, 0) is 55.7 Å². The molecular formula is C21H25Cl2N5O2. The number of imidazole rings is 1. The number of aromatic nitrogens is 2. The van der Waals surface area contributed by atoms with Crippen LogP contribution in [0.2, 0.25) is 0 Å². The molecule has 4 rings (SSSR count). The van der Waals surface area contributed by atoms with Gasteiger partial charge in [0.25, 0.3) is 11.8 Å². The maximum Gasteiger partial charge on any atom is 0.255 e. The summed E-state index contributed by atoms with van der Waals surface area (Å²) in [5.41, 5.74) is 9.11. The molecule has 1 aliphatic rings. The molecule has 7 nitrogen and oxygen atoms in total. The van der Waals surface area contributed by atoms with E-state index in [2.05, 4.69) is 15.3 Å². The highest BCUT2D eigenvalue weighted by atomic mass is 35.5. The van der Waals surface area contributed by atoms with E-state index in [0.717, 1.165) is 36.8 Å². The zero-order chi connectivity index (χ0) is 19.5. The van der Waals surface area contributed by atoms with Gasteiger partial charge in [-0.3, -0.25) is 9.59 Å². The standard InChI is InChI=1S/C21H23N5O2.2ClH/c22-12-17-6-1-2-9-26(17)21(28)15-4-3-5-16(10-15)25-20(27)14-7-8-18-19(11-14)24-13-23-18;;/h3-5,7-8,10-11,13,17H,1-2,6,9,12,22H2,(H,23,24)(H,25,27);2*1H. The third-order valence-corrected chi connectivity index (χ3v) is 5.21. The molecule has 0 saturated carbocycles. The van der Waals surface area contributed by atoms with Crippen molar-refractivity contribution in [2.45, 2.75) is 25.3 Å². The molecule has 2 aromatic carbocycles. The number of hydrogen-bond donors (Lipinski definition) is 3. The number of nitrogens with two attached hydrogens (primary N) is 1. The molecule has 0 bridgehead atoms. The van der Waals surface area contributed by atoms with Crippen LogP contribution in [0.1, 0.15) is 40.0 Å². The Morgan fingerprint density at radius 2 is 1.97 bits per heavy atom. The number of H-pyrrole nitrogens is 1. The molecule has 0 aliphatic carbocycles. The molecule has 2 heterocycles. The third kappa shape index (κ3) is 4.92. The molecule has 30 heavy (non-hydrogen) atoms. The summed E-state index contributed by atoms with van der Waals surface area (Å²) in [5.74, 6) is -0.274. The van der Waals surface area contributed by atoms with Crippen LogP contribution >= 0.6 is 24.8 Å². The van der Waals surface area contributed by atoms with Crippen molar-refractivity contribution < 1.29 is 9.59 Å². The fourth-order valence-corrected chi connectivity index (χ4v) is 3.69. The number of halogens is 2. The lowest BCUT2D eigenvalue weighted by Gasteiger charge is -2.35. The second-order valence-electron chi connectivity index (χ2n) is 7.05. The summed E-state index contributed by atoms with van der Waals surface area (Å²) >= 11 is 0. The predicted molar refractivity (Wildman–Crippen MR) is 123 cm³/mol. The second-order valence-corrected chi connectivity index (χ2v) is 7.05. The largest absolute Gasteiger partial charge is 0.345 e. The number of likely N-dealkylation sites (tertiary alicyclic amines) is 1. The van der Waals surface area contributed by atoms with E-state index in [9.17, 15) is 9.59 Å². The minimum atomic E-state index is -0.237. The van der Waals surface area contributed by atoms with Crippen LogP contribution in [0.3, 0.4) is 0 Å². The van der Waals surface area contributed by atoms with Crippen molar-refractivity contribution >= 4 is 53.3 Å². The van der Waals surface area contributed by atoms with Gasteiger partial charge in [-0.25, -0.2) is 4.98 Å². The third-order valence-electron chi connectivity index (χ3n) is 5.21. The van der Waals surface area contributed by atoms with Gasteiger partial charge in [-0.15, -0.1) is 24.8 Å². The number of carbonyl (C=O) groups is 2. The van der Waals surface area contributed by atoms with Crippen LogP contribution in [0.25, 0.3) is 11.0 Å². The number of benzene rings is 2. The van der Waals surface area contributed by atoms with Gasteiger partial charge >= 0.3 is 0 Å². The van der Waals surface area contributed by atoms with E-state index < -0.39 is 0 Å². The first-order chi connectivity index (χ1) is 13.7. The maximum atomic E-state index is 12.9. The lowest BCUT2D eigenvalue weighted by molar-refractivity contribution is 0.0623. The van der Waals surface area contributed by atoms with Crippen LogP contribution in [0.15, 0.2) is 48.8 Å². The zero-order valence-corrected chi connectivity index (χ0v) is 18.0. The maximum absolute atomic E-state index is 12.9. The number of aromatic amines is 1. The van der Waals surface area contributed by atoms with E-state index in [1.165, 1.54) is 0 Å². The minimum Gasteiger partial charge on any atom is -0.345 e. The van der Waals surface area contributed by atoms with Crippen molar-refractivity contribution in [1.29, 1.82) is 0 Å². The van der Waals surface area contributed by atoms with Crippen LogP contribution in [0.5, 0.6) is 0 Å². The Kier molecular flexibility index (Phi) is 8.23. The van der Waals surface area contributed by atoms with E-state index in [0.29, 0.717) is 23.4 Å². The molecule has 0 spiro atoms. The number of piperidine rings is 1. The summed E-state index contributed by atoms with van der Waals surface area (Å²) < 4.78 is 0. The lowest BCUT2D eigenvalue weighted by atomic mass is 10.0. The van der Waals surface area contributed by atoms with Crippen LogP contribution < -0.4 is 11.1 Å². The summed E-state index contributed by atoms with van der Waals surface area (Å²) in [6, 6.07) is 12.4. The van der Waals surface area contributed by atoms with E-state index in [-0.39, 0.29) is 42.7 Å². The monoisotopic (exact) mass is 449 g/mol. The molecule has 4 N–H and O–H groups in total. The fraction of sp³-hybridized carbons (Fsp3) is 0.286. The molecule has 0 radical (unpaired) electrons. The van der Waals surface area contributed by atoms with E-state index in [1.807, 2.05) is 4.90 Å². The highest BCUT2D eigenvalue weighted by Crippen LogP contribution is 2.21. The number of fused-ring (bicyclic) bond motifs is 1. The summed E-state index contributed by atoms with van der Waals surface area (Å²) in [4.78, 5) is 34.6. The van der Waals surface area contributed by atoms with Crippen molar-refractivity contribution in [2.24, 2.45) is 5.73 Å². The topological polar surface area (TPSA) is 104 Å². The van der Waals surface area contributed by atoms with E-state index >= 15 is 0 Å². The van der Waals surface area contributed by atoms with Gasteiger partial charge < -0.3 is 20.9 Å². The zero-order valence-electron chi connectivity index (χ0n) is 16.3. The molecule has 1 unspecified atom stereocenters. The summed E-state index contributed by atoms with van der Waals surface area (Å²) in [5, 5.41) is 2.87. The number of hydrogen-bond acceptors (Lipinski definition) is 4. The molecule has 2 amide bonds. The SMILES string of the molecule is Cl.Cl.NCC1CCCCN1C(=O)c1cccc(NC(=O)c2ccc3nc[nH]c3c2)c1. The Bertz CT molecular complexity index is 1020. The summed E-state index contributed by atoms with van der Waals surface area (Å²) in [6.45, 7) is 1.19. The van der Waals surface area contributed by atoms with Crippen LogP contribution in [0, 0.1) is 0 Å². The smallest absolute Gasteiger partial charge is 0.255 e. The van der Waals surface area contributed by atoms with Gasteiger partial charge in [0.05, 0.1) is 17.4 Å². The van der Waals surface area contributed by atoms with Gasteiger partial charge in [-0.1, -0.05) is 6.07 Å². The normalized spacial score (nSPS) is 15.8. The Hall–Kier alpha value is -2.61. The molecule has 1 atom stereocenters. The number of nitrogens with one attached hydrogen (secondary N) is 2. The van der Waals surface area contributed by atoms with Crippen molar-refractivity contribution in [3.8, 4) is 0 Å². The van der Waals surface area contributed by atoms with Crippen molar-refractivity contribution in [2.75, 3.05) is 18.4 Å². The van der Waals surface area contributed by atoms with Crippen molar-refractivity contribution in [3.63, 3.8) is 0 Å². The molecule has 3 aromatic rings. The van der Waals surface area contributed by atoms with E-state index in [1.54, 1.807) is 48.8 Å². The molecule has 160 valence electrons. The van der Waals surface area contributed by atoms with Crippen LogP contribution in [-0.4, -0.2) is 45.8 Å². The molecule has 1 aromatic heterocycles. The van der Waals surface area contributed by atoms with Gasteiger partial charge in [0, 0.05) is 35.9 Å². The van der Waals surface area contributed by atoms with E-state index in [4.69, 9.17) is 5.73 Å². The highest BCUT2D eigenvalue weighted by molar-refractivity contribution is 6.06. The first-order valence-electron chi connectivity index (χ1n) is 9.51. The molecule has 9 heteroatoms. The van der Waals surface area contributed by atoms with Crippen LogP contribution in [0.4, 0.5) is 5.69 Å². The number of rotatable bonds is 4. The average molecular weight is 450 g/mol. The number of carbonyl (C=O) groups excluding carboxylic acids is 2. The first-order valence-corrected chi connectivity index (χ1v) is 9.51. The number of nitrogens with zero attached hydrogens (tertiary/aromatic N) is 2. The Morgan fingerprint density at radius 3 is 2.77 bits per heavy atom. The molecule has 1 saturated heterocycles. The Morgan fingerprint density at radius 1 is 1.13 bits per heavy atom. The first kappa shape index (κ1) is 23.7. The van der Waals surface area contributed by atoms with Crippen LogP contribution in [-0.2, 0) is 0 Å². The highest BCUT2D eigenvalue weighted by Gasteiger charge is 2.26. The summed E-state index contributed by atoms with van der Waals surface area (Å²) in [6.07, 6.45) is 4.63. The average Bonchev–Trinajstić information content (AvgIpc) is 3.21. The van der Waals surface area contributed by atoms with Gasteiger partial charge in [0.1, 0.15) is 0 Å². The lowest BCUT2D eigenvalue weighted by Crippen LogP contribution is -2.47. The van der Waals surface area contributed by atoms with Crippen molar-refractivity contribution in [1.82, 2.24) is 14.9 Å². The molecule has 1 fully saturated rings.